The Hall–Kier alpha value is 0.795. The average molecular weight is 511 g/mol. The normalized spacial score (nSPS) is 8.67. The molecule has 0 saturated carbocycles. The molecule has 2 aromatic rings. The molecular weight excluding hydrogens is 499 g/mol. The van der Waals surface area contributed by atoms with Crippen LogP contribution in [0.25, 0.3) is 0 Å². The molecule has 0 bridgehead atoms. The van der Waals surface area contributed by atoms with Crippen LogP contribution in [0.5, 0.6) is 0 Å². The molecule has 0 aliphatic rings. The molecule has 2 aromatic carbocycles. The van der Waals surface area contributed by atoms with Crippen LogP contribution in [0.15, 0.2) is 72.8 Å². The van der Waals surface area contributed by atoms with Gasteiger partial charge in [-0.05, 0) is 0 Å². The molecule has 0 heterocycles. The van der Waals surface area contributed by atoms with Gasteiger partial charge < -0.3 is 40.2 Å². The van der Waals surface area contributed by atoms with Gasteiger partial charge in [0.05, 0.1) is 0 Å². The average Bonchev–Trinajstić information content (AvgIpc) is 2.32. The minimum absolute atomic E-state index is 0. The fourth-order valence-electron chi connectivity index (χ4n) is 0.770. The summed E-state index contributed by atoms with van der Waals surface area (Å²) in [4.78, 5) is 0. The van der Waals surface area contributed by atoms with Crippen LogP contribution in [0.2, 0.25) is 0 Å². The molecule has 0 aromatic heterocycles. The molecule has 6 heteroatoms. The van der Waals surface area contributed by atoms with Crippen LogP contribution in [-0.2, 0) is 20.4 Å². The maximum atomic E-state index is 4.99. The Morgan fingerprint density at radius 2 is 0.444 bits per heavy atom. The molecule has 18 heavy (non-hydrogen) atoms. The van der Waals surface area contributed by atoms with Gasteiger partial charge in [-0.1, -0.05) is 72.8 Å². The summed E-state index contributed by atoms with van der Waals surface area (Å²) in [7, 11) is 17.0. The minimum Gasteiger partial charge on any atom is -0.391 e. The molecule has 99 valence electrons. The van der Waals surface area contributed by atoms with Crippen molar-refractivity contribution in [3.8, 4) is 0 Å². The van der Waals surface area contributed by atoms with Crippen LogP contribution in [0, 0.1) is 0 Å². The fraction of sp³-hybridized carbons (Fsp3) is 0. The van der Waals surface area contributed by atoms with Crippen molar-refractivity contribution in [1.29, 1.82) is 0 Å². The van der Waals surface area contributed by atoms with E-state index in [4.69, 9.17) is 40.2 Å². The first-order valence-electron chi connectivity index (χ1n) is 4.87. The maximum absolute atomic E-state index is 4.99. The van der Waals surface area contributed by atoms with Gasteiger partial charge in [0, 0.05) is 20.4 Å². The second-order valence-corrected chi connectivity index (χ2v) is 15.7. The minimum atomic E-state index is -2.94. The number of hydrogen-bond donors (Lipinski definition) is 0. The molecular formula is C12H12AlCl4Re-. The Labute approximate surface area is 141 Å². The van der Waals surface area contributed by atoms with Gasteiger partial charge in [-0.3, -0.25) is 0 Å². The molecule has 0 N–H and O–H groups in total. The zero-order valence-electron chi connectivity index (χ0n) is 9.40. The zero-order chi connectivity index (χ0) is 13.0. The Kier molecular flexibility index (Phi) is 16.7. The van der Waals surface area contributed by atoms with Gasteiger partial charge in [0.2, 0.25) is 0 Å². The standard InChI is InChI=1S/2C6H6.Al.4ClH.Re/c2*1-2-4-6-5-3-1;;;;;;/h2*1-6H;;4*1H;/q;;+3;;;;;/p-4. The predicted molar refractivity (Wildman–Crippen MR) is 82.1 cm³/mol. The largest absolute Gasteiger partial charge is 0.564 e. The van der Waals surface area contributed by atoms with Gasteiger partial charge >= 0.3 is 9.39 Å². The van der Waals surface area contributed by atoms with Crippen LogP contribution in [0.3, 0.4) is 0 Å². The molecule has 0 spiro atoms. The first-order chi connectivity index (χ1) is 8.00. The fourth-order valence-corrected chi connectivity index (χ4v) is 0.770. The van der Waals surface area contributed by atoms with E-state index in [1.807, 2.05) is 72.8 Å². The maximum Gasteiger partial charge on any atom is 0.564 e. The molecule has 0 aliphatic carbocycles. The van der Waals surface area contributed by atoms with Crippen molar-refractivity contribution in [3.05, 3.63) is 72.8 Å². The van der Waals surface area contributed by atoms with E-state index in [1.54, 1.807) is 0 Å². The summed E-state index contributed by atoms with van der Waals surface area (Å²) in [6, 6.07) is 24.0. The van der Waals surface area contributed by atoms with Gasteiger partial charge in [-0.2, -0.15) is 0 Å². The third-order valence-corrected chi connectivity index (χ3v) is 1.33. The van der Waals surface area contributed by atoms with Crippen molar-refractivity contribution < 1.29 is 20.4 Å². The number of halogens is 4. The molecule has 0 fully saturated rings. The Morgan fingerprint density at radius 3 is 0.500 bits per heavy atom. The summed E-state index contributed by atoms with van der Waals surface area (Å²) in [6.07, 6.45) is 0. The summed E-state index contributed by atoms with van der Waals surface area (Å²) in [5.74, 6) is 0. The van der Waals surface area contributed by atoms with Crippen molar-refractivity contribution in [2.75, 3.05) is 0 Å². The second kappa shape index (κ2) is 14.2. The Morgan fingerprint density at radius 1 is 0.389 bits per heavy atom. The first kappa shape index (κ1) is 21.1. The van der Waals surface area contributed by atoms with Crippen LogP contribution in [0.4, 0.5) is 0 Å². The van der Waals surface area contributed by atoms with E-state index < -0.39 is 9.39 Å². The zero-order valence-corrected chi connectivity index (χ0v) is 16.3. The quantitative estimate of drug-likeness (QED) is 0.396. The van der Waals surface area contributed by atoms with Gasteiger partial charge in [-0.25, -0.2) is 0 Å². The molecule has 0 saturated heterocycles. The van der Waals surface area contributed by atoms with Crippen LogP contribution in [-0.4, -0.2) is 9.39 Å². The monoisotopic (exact) mass is 510 g/mol. The topological polar surface area (TPSA) is 0 Å². The van der Waals surface area contributed by atoms with Crippen molar-refractivity contribution in [1.82, 2.24) is 0 Å². The van der Waals surface area contributed by atoms with Gasteiger partial charge in [0.1, 0.15) is 0 Å². The van der Waals surface area contributed by atoms with Gasteiger partial charge in [0.15, 0.2) is 0 Å². The number of benzene rings is 2. The molecule has 0 nitrogen and oxygen atoms in total. The van der Waals surface area contributed by atoms with E-state index in [-0.39, 0.29) is 20.4 Å². The molecule has 1 radical (unpaired) electrons. The van der Waals surface area contributed by atoms with E-state index in [9.17, 15) is 0 Å². The van der Waals surface area contributed by atoms with Crippen LogP contribution < -0.4 is 0 Å². The summed E-state index contributed by atoms with van der Waals surface area (Å²) in [5.41, 5.74) is 0. The summed E-state index contributed by atoms with van der Waals surface area (Å²) in [6.45, 7) is 0. The summed E-state index contributed by atoms with van der Waals surface area (Å²) < 4.78 is 0. The Balaban J connectivity index is 0. The molecule has 0 unspecified atom stereocenters. The molecule has 0 aliphatic heterocycles. The first-order valence-corrected chi connectivity index (χ1v) is 11.9. The smallest absolute Gasteiger partial charge is 0.391 e. The van der Waals surface area contributed by atoms with E-state index in [0.29, 0.717) is 0 Å². The predicted octanol–water partition coefficient (Wildman–Crippen LogP) is 5.75. The van der Waals surface area contributed by atoms with E-state index in [0.717, 1.165) is 0 Å². The van der Waals surface area contributed by atoms with Gasteiger partial charge in [0.25, 0.3) is 0 Å². The van der Waals surface area contributed by atoms with Crippen LogP contribution >= 0.6 is 40.2 Å². The number of hydrogen-bond acceptors (Lipinski definition) is 0. The second-order valence-electron chi connectivity index (χ2n) is 2.80. The van der Waals surface area contributed by atoms with Crippen molar-refractivity contribution in [2.45, 2.75) is 0 Å². The Bertz CT molecular complexity index is 263. The van der Waals surface area contributed by atoms with Crippen molar-refractivity contribution in [2.24, 2.45) is 0 Å². The third kappa shape index (κ3) is 25.6. The third-order valence-electron chi connectivity index (χ3n) is 1.33. The van der Waals surface area contributed by atoms with Crippen molar-refractivity contribution >= 4 is 49.6 Å². The summed E-state index contributed by atoms with van der Waals surface area (Å²) >= 11 is 0. The van der Waals surface area contributed by atoms with E-state index >= 15 is 0 Å². The van der Waals surface area contributed by atoms with Gasteiger partial charge in [-0.15, -0.1) is 0 Å². The molecule has 2 rings (SSSR count). The molecule has 0 amide bonds. The van der Waals surface area contributed by atoms with E-state index in [1.165, 1.54) is 0 Å². The van der Waals surface area contributed by atoms with Crippen LogP contribution in [0.1, 0.15) is 0 Å². The molecule has 0 atom stereocenters. The van der Waals surface area contributed by atoms with E-state index in [2.05, 4.69) is 0 Å². The number of rotatable bonds is 0. The SMILES string of the molecule is [Cl][Al-]([Cl])([Cl])[Cl].[Re].c1ccccc1.c1ccccc1. The van der Waals surface area contributed by atoms with Crippen molar-refractivity contribution in [3.63, 3.8) is 0 Å². The summed E-state index contributed by atoms with van der Waals surface area (Å²) in [5, 5.41) is 0.